The Labute approximate surface area is 149 Å². The van der Waals surface area contributed by atoms with Crippen LogP contribution in [0.5, 0.6) is 0 Å². The van der Waals surface area contributed by atoms with Gasteiger partial charge in [0.15, 0.2) is 5.82 Å². The molecular weight excluding hydrogens is 318 g/mol. The minimum Gasteiger partial charge on any atom is -0.354 e. The van der Waals surface area contributed by atoms with Crippen LogP contribution >= 0.6 is 0 Å². The molecule has 1 aromatic heterocycles. The van der Waals surface area contributed by atoms with Gasteiger partial charge in [-0.3, -0.25) is 20.5 Å². The van der Waals surface area contributed by atoms with E-state index < -0.39 is 0 Å². The largest absolute Gasteiger partial charge is 0.354 e. The first kappa shape index (κ1) is 18.0. The maximum absolute atomic E-state index is 12.5. The number of nitrogens with one attached hydrogen (secondary N) is 3. The van der Waals surface area contributed by atoms with Crippen molar-refractivity contribution in [1.82, 2.24) is 31.3 Å². The molecule has 2 aliphatic rings. The molecule has 2 aliphatic heterocycles. The zero-order valence-electron chi connectivity index (χ0n) is 15.3. The average molecular weight is 347 g/mol. The molecule has 3 rings (SSSR count). The molecule has 0 saturated carbocycles. The summed E-state index contributed by atoms with van der Waals surface area (Å²) in [5, 5.41) is 11.3. The van der Waals surface area contributed by atoms with Crippen molar-refractivity contribution in [1.29, 1.82) is 0 Å². The normalized spacial score (nSPS) is 29.8. The molecule has 8 heteroatoms. The molecule has 0 radical (unpaired) electrons. The zero-order valence-corrected chi connectivity index (χ0v) is 15.3. The highest BCUT2D eigenvalue weighted by Crippen LogP contribution is 2.19. The van der Waals surface area contributed by atoms with Gasteiger partial charge in [0.1, 0.15) is 0 Å². The first-order valence-electron chi connectivity index (χ1n) is 9.08. The molecule has 0 aromatic carbocycles. The summed E-state index contributed by atoms with van der Waals surface area (Å²) in [5.74, 6) is 0.990. The standard InChI is InChI=1S/C17H29N7O/c1-12-17(13(2)21-20-12)19-16(25)11-23(3)14-6-5-9-24(10-14)15-7-4-8-18-22-15/h4,7-8,12-14,17,20-21H,5-6,9-11H2,1-3H3,(H,19,25). The van der Waals surface area contributed by atoms with Crippen molar-refractivity contribution in [2.24, 2.45) is 0 Å². The van der Waals surface area contributed by atoms with Crippen LogP contribution < -0.4 is 21.1 Å². The van der Waals surface area contributed by atoms with Crippen molar-refractivity contribution < 1.29 is 4.79 Å². The van der Waals surface area contributed by atoms with E-state index in [4.69, 9.17) is 0 Å². The number of carbonyl (C=O) groups is 1. The summed E-state index contributed by atoms with van der Waals surface area (Å²) >= 11 is 0. The summed E-state index contributed by atoms with van der Waals surface area (Å²) in [6.45, 7) is 6.43. The molecule has 0 bridgehead atoms. The maximum Gasteiger partial charge on any atom is 0.234 e. The van der Waals surface area contributed by atoms with Crippen LogP contribution in [0.1, 0.15) is 26.7 Å². The maximum atomic E-state index is 12.5. The van der Waals surface area contributed by atoms with Gasteiger partial charge in [0.25, 0.3) is 0 Å². The van der Waals surface area contributed by atoms with Gasteiger partial charge in [0.2, 0.25) is 5.91 Å². The molecule has 3 N–H and O–H groups in total. The van der Waals surface area contributed by atoms with Gasteiger partial charge in [0, 0.05) is 37.4 Å². The van der Waals surface area contributed by atoms with Gasteiger partial charge in [0.05, 0.1) is 12.6 Å². The Morgan fingerprint density at radius 3 is 2.84 bits per heavy atom. The van der Waals surface area contributed by atoms with E-state index in [-0.39, 0.29) is 24.0 Å². The number of hydrogen-bond acceptors (Lipinski definition) is 7. The Balaban J connectivity index is 1.52. The highest BCUT2D eigenvalue weighted by Gasteiger charge is 2.32. The van der Waals surface area contributed by atoms with Crippen LogP contribution in [0, 0.1) is 0 Å². The number of hydrogen-bond donors (Lipinski definition) is 3. The number of hydrazine groups is 1. The number of likely N-dealkylation sites (N-methyl/N-ethyl adjacent to an activating group) is 1. The molecule has 3 unspecified atom stereocenters. The molecule has 0 aliphatic carbocycles. The lowest BCUT2D eigenvalue weighted by Crippen LogP contribution is -2.52. The van der Waals surface area contributed by atoms with Gasteiger partial charge in [-0.05, 0) is 45.9 Å². The second-order valence-electron chi connectivity index (χ2n) is 7.20. The lowest BCUT2D eigenvalue weighted by Gasteiger charge is -2.38. The summed E-state index contributed by atoms with van der Waals surface area (Å²) < 4.78 is 0. The molecule has 138 valence electrons. The molecule has 2 saturated heterocycles. The van der Waals surface area contributed by atoms with Crippen LogP contribution in [0.3, 0.4) is 0 Å². The summed E-state index contributed by atoms with van der Waals surface area (Å²) in [5.41, 5.74) is 6.33. The molecule has 0 spiro atoms. The average Bonchev–Trinajstić information content (AvgIpc) is 2.94. The molecule has 3 heterocycles. The van der Waals surface area contributed by atoms with Crippen molar-refractivity contribution in [3.05, 3.63) is 18.3 Å². The summed E-state index contributed by atoms with van der Waals surface area (Å²) in [6.07, 6.45) is 3.88. The van der Waals surface area contributed by atoms with Gasteiger partial charge in [-0.2, -0.15) is 5.10 Å². The lowest BCUT2D eigenvalue weighted by atomic mass is 10.0. The molecule has 1 amide bonds. The van der Waals surface area contributed by atoms with E-state index in [0.717, 1.165) is 31.7 Å². The molecule has 3 atom stereocenters. The number of carbonyl (C=O) groups excluding carboxylic acids is 1. The SMILES string of the molecule is CC1NNC(C)C1NC(=O)CN(C)C1CCCN(c2cccnn2)C1. The fourth-order valence-electron chi connectivity index (χ4n) is 3.70. The number of amides is 1. The van der Waals surface area contributed by atoms with E-state index in [9.17, 15) is 4.79 Å². The third kappa shape index (κ3) is 4.45. The van der Waals surface area contributed by atoms with Crippen molar-refractivity contribution in [3.8, 4) is 0 Å². The third-order valence-electron chi connectivity index (χ3n) is 5.24. The highest BCUT2D eigenvalue weighted by atomic mass is 16.2. The highest BCUT2D eigenvalue weighted by molar-refractivity contribution is 5.78. The molecule has 8 nitrogen and oxygen atoms in total. The number of piperidine rings is 1. The van der Waals surface area contributed by atoms with E-state index in [2.05, 4.69) is 50.0 Å². The lowest BCUT2D eigenvalue weighted by molar-refractivity contribution is -0.123. The zero-order chi connectivity index (χ0) is 17.8. The molecular formula is C17H29N7O. The fraction of sp³-hybridized carbons (Fsp3) is 0.706. The number of anilines is 1. The first-order chi connectivity index (χ1) is 12.0. The molecule has 1 aromatic rings. The predicted octanol–water partition coefficient (Wildman–Crippen LogP) is -0.253. The van der Waals surface area contributed by atoms with Crippen molar-refractivity contribution >= 4 is 11.7 Å². The van der Waals surface area contributed by atoms with Crippen LogP contribution in [0.25, 0.3) is 0 Å². The van der Waals surface area contributed by atoms with Crippen LogP contribution in [-0.4, -0.2) is 71.9 Å². The second-order valence-corrected chi connectivity index (χ2v) is 7.20. The van der Waals surface area contributed by atoms with E-state index in [0.29, 0.717) is 12.6 Å². The fourth-order valence-corrected chi connectivity index (χ4v) is 3.70. The van der Waals surface area contributed by atoms with Crippen molar-refractivity contribution in [3.63, 3.8) is 0 Å². The van der Waals surface area contributed by atoms with E-state index >= 15 is 0 Å². The van der Waals surface area contributed by atoms with Crippen LogP contribution in [0.15, 0.2) is 18.3 Å². The smallest absolute Gasteiger partial charge is 0.234 e. The van der Waals surface area contributed by atoms with Gasteiger partial charge in [-0.25, -0.2) is 0 Å². The van der Waals surface area contributed by atoms with Crippen LogP contribution in [0.4, 0.5) is 5.82 Å². The number of nitrogens with zero attached hydrogens (tertiary/aromatic N) is 4. The minimum atomic E-state index is 0.0772. The Bertz CT molecular complexity index is 559. The van der Waals surface area contributed by atoms with Gasteiger partial charge >= 0.3 is 0 Å². The van der Waals surface area contributed by atoms with Crippen molar-refractivity contribution in [2.75, 3.05) is 31.6 Å². The van der Waals surface area contributed by atoms with Crippen LogP contribution in [-0.2, 0) is 4.79 Å². The Morgan fingerprint density at radius 2 is 2.16 bits per heavy atom. The van der Waals surface area contributed by atoms with Crippen LogP contribution in [0.2, 0.25) is 0 Å². The number of rotatable bonds is 5. The molecule has 2 fully saturated rings. The van der Waals surface area contributed by atoms with Gasteiger partial charge in [-0.1, -0.05) is 0 Å². The second kappa shape index (κ2) is 8.07. The summed E-state index contributed by atoms with van der Waals surface area (Å²) in [4.78, 5) is 16.9. The summed E-state index contributed by atoms with van der Waals surface area (Å²) in [7, 11) is 2.03. The predicted molar refractivity (Wildman–Crippen MR) is 97.0 cm³/mol. The Hall–Kier alpha value is -1.77. The first-order valence-corrected chi connectivity index (χ1v) is 9.08. The summed E-state index contributed by atoms with van der Waals surface area (Å²) in [6, 6.07) is 4.82. The van der Waals surface area contributed by atoms with Gasteiger partial charge < -0.3 is 10.2 Å². The Kier molecular flexibility index (Phi) is 5.82. The van der Waals surface area contributed by atoms with E-state index in [1.807, 2.05) is 19.2 Å². The monoisotopic (exact) mass is 347 g/mol. The minimum absolute atomic E-state index is 0.0772. The third-order valence-corrected chi connectivity index (χ3v) is 5.24. The molecule has 25 heavy (non-hydrogen) atoms. The van der Waals surface area contributed by atoms with E-state index in [1.165, 1.54) is 0 Å². The number of aromatic nitrogens is 2. The Morgan fingerprint density at radius 1 is 1.40 bits per heavy atom. The van der Waals surface area contributed by atoms with Gasteiger partial charge in [-0.15, -0.1) is 5.10 Å². The van der Waals surface area contributed by atoms with E-state index in [1.54, 1.807) is 6.20 Å². The quantitative estimate of drug-likeness (QED) is 0.677. The van der Waals surface area contributed by atoms with Crippen molar-refractivity contribution in [2.45, 2.75) is 50.9 Å². The topological polar surface area (TPSA) is 85.4 Å².